The number of piperazine rings is 1. The molecule has 5 heteroatoms. The van der Waals surface area contributed by atoms with Crippen molar-refractivity contribution in [1.29, 1.82) is 0 Å². The van der Waals surface area contributed by atoms with Crippen LogP contribution in [0.2, 0.25) is 0 Å². The molecule has 5 rings (SSSR count). The third kappa shape index (κ3) is 3.45. The number of nitrogens with zero attached hydrogens (tertiary/aromatic N) is 1. The fourth-order valence-electron chi connectivity index (χ4n) is 4.67. The third-order valence-electron chi connectivity index (χ3n) is 6.07. The summed E-state index contributed by atoms with van der Waals surface area (Å²) in [4.78, 5) is 8.98. The Morgan fingerprint density at radius 2 is 1.76 bits per heavy atom. The van der Waals surface area contributed by atoms with E-state index in [0.717, 1.165) is 31.9 Å². The van der Waals surface area contributed by atoms with Gasteiger partial charge in [0.05, 0.1) is 31.1 Å². The summed E-state index contributed by atoms with van der Waals surface area (Å²) in [6.45, 7) is 6.26. The maximum absolute atomic E-state index is 13.3. The molecule has 148 valence electrons. The van der Waals surface area contributed by atoms with Crippen LogP contribution in [0.25, 0.3) is 10.9 Å². The molecule has 0 saturated carbocycles. The molecule has 0 amide bonds. The first-order chi connectivity index (χ1) is 14.2. The molecule has 1 aliphatic rings. The van der Waals surface area contributed by atoms with Crippen LogP contribution in [-0.4, -0.2) is 31.2 Å². The summed E-state index contributed by atoms with van der Waals surface area (Å²) in [6.07, 6.45) is 0. The number of fused-ring (bicyclic) bond motifs is 1. The highest BCUT2D eigenvalue weighted by atomic mass is 32.1. The summed E-state index contributed by atoms with van der Waals surface area (Å²) in [7, 11) is 0. The minimum atomic E-state index is -0.175. The average molecular weight is 407 g/mol. The number of quaternary nitrogens is 1. The van der Waals surface area contributed by atoms with E-state index in [0.29, 0.717) is 6.04 Å². The molecule has 0 spiro atoms. The van der Waals surface area contributed by atoms with Crippen molar-refractivity contribution in [3.05, 3.63) is 88.0 Å². The maximum atomic E-state index is 13.3. The van der Waals surface area contributed by atoms with Crippen LogP contribution in [0.4, 0.5) is 10.1 Å². The molecule has 0 aliphatic carbocycles. The molecule has 1 aliphatic heterocycles. The first kappa shape index (κ1) is 18.4. The first-order valence-corrected chi connectivity index (χ1v) is 11.0. The highest BCUT2D eigenvalue weighted by Gasteiger charge is 2.33. The molecule has 3 nitrogen and oxygen atoms in total. The highest BCUT2D eigenvalue weighted by Crippen LogP contribution is 2.32. The number of para-hydroxylation sites is 1. The van der Waals surface area contributed by atoms with Gasteiger partial charge in [0.15, 0.2) is 6.04 Å². The van der Waals surface area contributed by atoms with Gasteiger partial charge < -0.3 is 14.8 Å². The number of rotatable bonds is 4. The van der Waals surface area contributed by atoms with Crippen LogP contribution in [0.3, 0.4) is 0 Å². The summed E-state index contributed by atoms with van der Waals surface area (Å²) in [5.41, 5.74) is 5.01. The highest BCUT2D eigenvalue weighted by molar-refractivity contribution is 7.10. The van der Waals surface area contributed by atoms with Gasteiger partial charge in [-0.05, 0) is 48.7 Å². The van der Waals surface area contributed by atoms with Gasteiger partial charge in [0, 0.05) is 27.8 Å². The van der Waals surface area contributed by atoms with Crippen molar-refractivity contribution in [2.45, 2.75) is 13.0 Å². The summed E-state index contributed by atoms with van der Waals surface area (Å²) in [5.74, 6) is -0.175. The Bertz CT molecular complexity index is 1090. The van der Waals surface area contributed by atoms with E-state index >= 15 is 0 Å². The molecule has 0 bridgehead atoms. The summed E-state index contributed by atoms with van der Waals surface area (Å²) in [6, 6.07) is 20.3. The lowest BCUT2D eigenvalue weighted by Gasteiger charge is -2.37. The molecular weight excluding hydrogens is 381 g/mol. The van der Waals surface area contributed by atoms with Crippen LogP contribution in [0.5, 0.6) is 0 Å². The number of aromatic amines is 1. The van der Waals surface area contributed by atoms with Gasteiger partial charge in [-0.2, -0.15) is 0 Å². The van der Waals surface area contributed by atoms with Gasteiger partial charge in [-0.3, -0.25) is 0 Å². The van der Waals surface area contributed by atoms with E-state index in [-0.39, 0.29) is 5.82 Å². The van der Waals surface area contributed by atoms with Crippen molar-refractivity contribution in [3.63, 3.8) is 0 Å². The van der Waals surface area contributed by atoms with Crippen molar-refractivity contribution in [1.82, 2.24) is 4.98 Å². The lowest BCUT2D eigenvalue weighted by molar-refractivity contribution is -0.925. The third-order valence-corrected chi connectivity index (χ3v) is 7.00. The van der Waals surface area contributed by atoms with Gasteiger partial charge in [0.1, 0.15) is 5.82 Å². The number of aryl methyl sites for hydroxylation is 1. The minimum absolute atomic E-state index is 0.175. The van der Waals surface area contributed by atoms with Crippen molar-refractivity contribution in [2.75, 3.05) is 31.1 Å². The Morgan fingerprint density at radius 3 is 2.48 bits per heavy atom. The van der Waals surface area contributed by atoms with Gasteiger partial charge in [-0.1, -0.05) is 24.3 Å². The summed E-state index contributed by atoms with van der Waals surface area (Å²) in [5, 5.41) is 3.51. The lowest BCUT2D eigenvalue weighted by atomic mass is 9.99. The number of H-pyrrole nitrogens is 1. The Morgan fingerprint density at radius 1 is 1.00 bits per heavy atom. The van der Waals surface area contributed by atoms with Gasteiger partial charge in [0.2, 0.25) is 0 Å². The minimum Gasteiger partial charge on any atom is -0.360 e. The van der Waals surface area contributed by atoms with Crippen molar-refractivity contribution >= 4 is 27.9 Å². The zero-order valence-corrected chi connectivity index (χ0v) is 17.3. The van der Waals surface area contributed by atoms with E-state index in [1.54, 1.807) is 17.0 Å². The molecule has 2 aromatic heterocycles. The van der Waals surface area contributed by atoms with Crippen molar-refractivity contribution in [3.8, 4) is 0 Å². The fraction of sp³-hybridized carbons (Fsp3) is 0.250. The standard InChI is InChI=1S/C24H24FN3S/c1-17-23(20-5-2-3-6-21(20)26-17)24(22-7-4-16-29-22)28-14-12-27(13-15-28)19-10-8-18(25)9-11-19/h2-11,16,24,26H,12-15H2,1H3/p+1/t24-/m1/s1. The number of benzene rings is 2. The SMILES string of the molecule is Cc1[nH]c2ccccc2c1[C@@H](c1cccs1)[NH+]1CCN(c2ccc(F)cc2)CC1. The zero-order valence-electron chi connectivity index (χ0n) is 16.5. The number of hydrogen-bond acceptors (Lipinski definition) is 2. The number of halogens is 1. The van der Waals surface area contributed by atoms with E-state index in [4.69, 9.17) is 0 Å². The zero-order chi connectivity index (χ0) is 19.8. The maximum Gasteiger partial charge on any atom is 0.151 e. The monoisotopic (exact) mass is 406 g/mol. The normalized spacial score (nSPS) is 16.4. The van der Waals surface area contributed by atoms with Crippen LogP contribution in [0.15, 0.2) is 66.0 Å². The molecule has 2 aromatic carbocycles. The Kier molecular flexibility index (Phi) is 4.86. The predicted octanol–water partition coefficient (Wildman–Crippen LogP) is 4.17. The van der Waals surface area contributed by atoms with Crippen molar-refractivity contribution in [2.24, 2.45) is 0 Å². The second kappa shape index (κ2) is 7.65. The molecule has 4 aromatic rings. The Balaban J connectivity index is 1.46. The smallest absolute Gasteiger partial charge is 0.151 e. The van der Waals surface area contributed by atoms with E-state index in [1.165, 1.54) is 27.0 Å². The molecule has 0 unspecified atom stereocenters. The number of hydrogen-bond donors (Lipinski definition) is 2. The van der Waals surface area contributed by atoms with Gasteiger partial charge in [-0.15, -0.1) is 11.3 Å². The van der Waals surface area contributed by atoms with Crippen LogP contribution in [-0.2, 0) is 0 Å². The molecule has 3 heterocycles. The van der Waals surface area contributed by atoms with Gasteiger partial charge >= 0.3 is 0 Å². The average Bonchev–Trinajstić information content (AvgIpc) is 3.38. The number of thiophene rings is 1. The molecular formula is C24H25FN3S+. The van der Waals surface area contributed by atoms with E-state index in [9.17, 15) is 4.39 Å². The quantitative estimate of drug-likeness (QED) is 0.522. The van der Waals surface area contributed by atoms with E-state index in [1.807, 2.05) is 23.5 Å². The second-order valence-electron chi connectivity index (χ2n) is 7.78. The lowest BCUT2D eigenvalue weighted by Crippen LogP contribution is -3.15. The first-order valence-electron chi connectivity index (χ1n) is 10.2. The Labute approximate surface area is 174 Å². The van der Waals surface area contributed by atoms with Crippen LogP contribution in [0, 0.1) is 12.7 Å². The largest absolute Gasteiger partial charge is 0.360 e. The molecule has 1 atom stereocenters. The van der Waals surface area contributed by atoms with Crippen LogP contribution in [0.1, 0.15) is 22.2 Å². The van der Waals surface area contributed by atoms with Crippen LogP contribution >= 0.6 is 11.3 Å². The molecule has 0 radical (unpaired) electrons. The molecule has 1 saturated heterocycles. The number of aromatic nitrogens is 1. The van der Waals surface area contributed by atoms with E-state index < -0.39 is 0 Å². The Hall–Kier alpha value is -2.63. The second-order valence-corrected chi connectivity index (χ2v) is 8.76. The van der Waals surface area contributed by atoms with Crippen molar-refractivity contribution < 1.29 is 9.29 Å². The topological polar surface area (TPSA) is 23.5 Å². The fourth-order valence-corrected chi connectivity index (χ4v) is 5.56. The van der Waals surface area contributed by atoms with E-state index in [2.05, 4.69) is 58.6 Å². The molecule has 29 heavy (non-hydrogen) atoms. The number of anilines is 1. The number of nitrogens with one attached hydrogen (secondary N) is 2. The predicted molar refractivity (Wildman–Crippen MR) is 119 cm³/mol. The van der Waals surface area contributed by atoms with Gasteiger partial charge in [0.25, 0.3) is 0 Å². The van der Waals surface area contributed by atoms with Crippen LogP contribution < -0.4 is 9.80 Å². The summed E-state index contributed by atoms with van der Waals surface area (Å²) >= 11 is 1.85. The molecule has 1 fully saturated rings. The van der Waals surface area contributed by atoms with Gasteiger partial charge in [-0.25, -0.2) is 4.39 Å². The summed E-state index contributed by atoms with van der Waals surface area (Å²) < 4.78 is 13.3. The molecule has 2 N–H and O–H groups in total.